The molecule has 614 valence electrons. The summed E-state index contributed by atoms with van der Waals surface area (Å²) in [6.07, 6.45) is -57.4. The van der Waals surface area contributed by atoms with Gasteiger partial charge in [0.2, 0.25) is 6.29 Å². The fourth-order valence-electron chi connectivity index (χ4n) is 20.2. The third-order valence-electron chi connectivity index (χ3n) is 26.8. The van der Waals surface area contributed by atoms with Crippen molar-refractivity contribution >= 4 is 11.9 Å². The van der Waals surface area contributed by atoms with Gasteiger partial charge in [-0.2, -0.15) is 0 Å². The van der Waals surface area contributed by atoms with Crippen LogP contribution < -0.4 is 0 Å². The number of carboxylic acids is 1. The number of hydrogen-bond donors (Lipinski definition) is 22. The molecular formula is C69H110O38. The van der Waals surface area contributed by atoms with Crippen LogP contribution in [0.3, 0.4) is 0 Å². The number of aliphatic carboxylic acids is 1. The highest BCUT2D eigenvalue weighted by Crippen LogP contribution is 2.76. The molecule has 42 atom stereocenters. The molecule has 4 saturated carbocycles. The zero-order valence-corrected chi connectivity index (χ0v) is 60.3. The topological polar surface area (TPSA) is 608 Å². The minimum atomic E-state index is -2.23. The van der Waals surface area contributed by atoms with Crippen molar-refractivity contribution in [1.29, 1.82) is 0 Å². The number of fused-ring (bicyclic) bond motifs is 7. The molecule has 38 nitrogen and oxygen atoms in total. The molecule has 7 saturated heterocycles. The first-order chi connectivity index (χ1) is 50.2. The van der Waals surface area contributed by atoms with Gasteiger partial charge in [-0.25, -0.2) is 0 Å². The van der Waals surface area contributed by atoms with Gasteiger partial charge in [-0.15, -0.1) is 0 Å². The second kappa shape index (κ2) is 31.2. The number of carboxylic acid groups (broad SMARTS) is 1. The average molecular weight is 1550 g/mol. The Morgan fingerprint density at radius 1 is 0.495 bits per heavy atom. The molecule has 0 radical (unpaired) electrons. The van der Waals surface area contributed by atoms with Crippen LogP contribution in [0.2, 0.25) is 0 Å². The Kier molecular flexibility index (Phi) is 24.4. The van der Waals surface area contributed by atoms with E-state index in [9.17, 15) is 117 Å². The van der Waals surface area contributed by atoms with E-state index in [0.29, 0.717) is 19.3 Å². The van der Waals surface area contributed by atoms with E-state index in [-0.39, 0.29) is 32.1 Å². The summed E-state index contributed by atoms with van der Waals surface area (Å²) in [5.74, 6) is -4.51. The second-order valence-electron chi connectivity index (χ2n) is 33.5. The number of esters is 1. The van der Waals surface area contributed by atoms with Crippen LogP contribution in [0.15, 0.2) is 11.6 Å². The summed E-state index contributed by atoms with van der Waals surface area (Å²) in [4.78, 5) is 30.2. The quantitative estimate of drug-likeness (QED) is 0.0324. The zero-order chi connectivity index (χ0) is 78.2. The molecular weight excluding hydrogens is 1440 g/mol. The van der Waals surface area contributed by atoms with Crippen molar-refractivity contribution in [2.75, 3.05) is 46.2 Å². The highest BCUT2D eigenvalue weighted by molar-refractivity contribution is 5.80. The molecule has 0 bridgehead atoms. The van der Waals surface area contributed by atoms with E-state index in [4.69, 9.17) is 66.3 Å². The SMILES string of the molecule is C[C@@H]1OC(O[C@H]2[C@H](OC(=O)[C@]34CCC(C)(C)C[C@H]3C3=CCC5[C@@]6(C)C[C@H](O)[C@H](O[C@@H]7O[C@H](CO)[C@@H](O)[C@H](O)[C@H]7O[C@@H]7O[C@H](CO)[C@@H](O)[C@H](O)[C@H]7O[C@@H]7O[C@H](CO)[C@@H](O)[C@H](O)[C@H]7O)[C@@](C)(C(=O)O)C6CC[C@@]5(C)[C@]3(C)C[C@H]4O)OC[C@H](O)[C@@H]2O)[C@H](O)[C@H](O[C@@H]2OC[C@](O)(CO)[C@H]2O)[C@H]1O[C@@H]1OC[C@@H](O)[C@H](O)[C@H]1O. The van der Waals surface area contributed by atoms with Gasteiger partial charge in [0.15, 0.2) is 43.8 Å². The summed E-state index contributed by atoms with van der Waals surface area (Å²) in [6, 6.07) is 0. The standard InChI is InChI=1S/C69H110O38/c1-24-47(101-54-44(86)36(78)28(75)20-94-54)48(102-60-52(89)68(93,22-73)23-96-60)46(88)56(97-24)103-49-37(79)29(76)21-95-57(49)107-62(92)69-13-12-63(2,3)14-26(69)25-8-9-33-64(4)15-27(74)53(67(7,61(90)91)34(64)10-11-65(33,5)66(25,6)16-35(69)77)106-59-51(43(85)40(82)32(19-72)100-59)105-58-50(42(84)39(81)31(18-71)99-58)104-55-45(87)41(83)38(80)30(17-70)98-55/h8,24,26-60,70-89,93H,9-23H2,1-7H3,(H,90,91)/t24-,26-,27-,28+,29-,30+,31+,32+,33?,34?,35+,36-,37-,38+,39+,40+,41-,42-,43-,44+,45+,46+,47-,48-,49+,50+,51+,52-,53-,54-,55-,56?,57-,58-,59-,60-,64+,65+,66+,67-,68+,69+/m0/s1. The van der Waals surface area contributed by atoms with E-state index < -0.39 is 317 Å². The van der Waals surface area contributed by atoms with Gasteiger partial charge in [-0.3, -0.25) is 9.59 Å². The molecule has 12 aliphatic rings. The molecule has 107 heavy (non-hydrogen) atoms. The van der Waals surface area contributed by atoms with Crippen LogP contribution in [0.5, 0.6) is 0 Å². The second-order valence-corrected chi connectivity index (χ2v) is 33.5. The van der Waals surface area contributed by atoms with Crippen LogP contribution in [0, 0.1) is 50.2 Å². The van der Waals surface area contributed by atoms with Crippen LogP contribution in [0.4, 0.5) is 0 Å². The van der Waals surface area contributed by atoms with Crippen molar-refractivity contribution in [1.82, 2.24) is 0 Å². The monoisotopic (exact) mass is 1550 g/mol. The Bertz CT molecular complexity index is 3120. The van der Waals surface area contributed by atoms with E-state index in [1.807, 2.05) is 33.8 Å². The summed E-state index contributed by atoms with van der Waals surface area (Å²) in [5.41, 5.74) is -8.63. The largest absolute Gasteiger partial charge is 0.481 e. The fourth-order valence-corrected chi connectivity index (χ4v) is 20.2. The molecule has 0 spiro atoms. The minimum Gasteiger partial charge on any atom is -0.481 e. The summed E-state index contributed by atoms with van der Waals surface area (Å²) in [6.45, 7) is 7.22. The van der Waals surface area contributed by atoms with Crippen LogP contribution in [-0.2, 0) is 75.9 Å². The summed E-state index contributed by atoms with van der Waals surface area (Å²) in [7, 11) is 0. The normalized spacial score (nSPS) is 54.9. The van der Waals surface area contributed by atoms with E-state index in [2.05, 4.69) is 6.92 Å². The Balaban J connectivity index is 0.804. The van der Waals surface area contributed by atoms with Crippen LogP contribution in [0.1, 0.15) is 99.8 Å². The molecule has 7 aliphatic heterocycles. The van der Waals surface area contributed by atoms with Crippen molar-refractivity contribution in [3.05, 3.63) is 11.6 Å². The number of aliphatic hydroxyl groups is 21. The third kappa shape index (κ3) is 14.1. The summed E-state index contributed by atoms with van der Waals surface area (Å²) in [5, 5.41) is 245. The summed E-state index contributed by atoms with van der Waals surface area (Å²) >= 11 is 0. The van der Waals surface area contributed by atoms with Crippen LogP contribution in [-0.4, -0.2) is 379 Å². The lowest BCUT2D eigenvalue weighted by atomic mass is 9.33. The zero-order valence-electron chi connectivity index (χ0n) is 60.3. The van der Waals surface area contributed by atoms with Gasteiger partial charge in [0.05, 0.1) is 70.0 Å². The highest BCUT2D eigenvalue weighted by Gasteiger charge is 2.75. The molecule has 0 aromatic carbocycles. The third-order valence-corrected chi connectivity index (χ3v) is 26.8. The Morgan fingerprint density at radius 2 is 1.01 bits per heavy atom. The first kappa shape index (κ1) is 83.7. The molecule has 3 unspecified atom stereocenters. The van der Waals surface area contributed by atoms with Crippen LogP contribution >= 0.6 is 0 Å². The van der Waals surface area contributed by atoms with E-state index >= 15 is 4.79 Å². The number of ether oxygens (including phenoxy) is 14. The van der Waals surface area contributed by atoms with Gasteiger partial charge in [-0.1, -0.05) is 46.3 Å². The first-order valence-electron chi connectivity index (χ1n) is 36.8. The predicted molar refractivity (Wildman–Crippen MR) is 346 cm³/mol. The molecule has 5 aliphatic carbocycles. The average Bonchev–Trinajstić information content (AvgIpc) is 0.912. The fraction of sp³-hybridized carbons (Fsp3) is 0.942. The maximum Gasteiger partial charge on any atom is 0.317 e. The number of aliphatic hydroxyl groups excluding tert-OH is 20. The summed E-state index contributed by atoms with van der Waals surface area (Å²) < 4.78 is 83.8. The highest BCUT2D eigenvalue weighted by atomic mass is 16.8. The van der Waals surface area contributed by atoms with E-state index in [1.54, 1.807) is 0 Å². The van der Waals surface area contributed by atoms with Crippen molar-refractivity contribution in [2.24, 2.45) is 50.2 Å². The van der Waals surface area contributed by atoms with Gasteiger partial charge in [0.1, 0.15) is 145 Å². The Morgan fingerprint density at radius 3 is 1.59 bits per heavy atom. The molecule has 11 fully saturated rings. The van der Waals surface area contributed by atoms with Gasteiger partial charge in [0, 0.05) is 0 Å². The molecule has 22 N–H and O–H groups in total. The number of allylic oxidation sites excluding steroid dienone is 2. The number of hydrogen-bond acceptors (Lipinski definition) is 37. The molecule has 0 aromatic heterocycles. The maximum atomic E-state index is 15.8. The molecule has 12 rings (SSSR count). The maximum absolute atomic E-state index is 15.8. The molecule has 7 heterocycles. The van der Waals surface area contributed by atoms with Gasteiger partial charge in [-0.05, 0) is 105 Å². The van der Waals surface area contributed by atoms with Crippen molar-refractivity contribution in [2.45, 2.75) is 308 Å². The lowest BCUT2D eigenvalue weighted by molar-refractivity contribution is -0.400. The predicted octanol–water partition coefficient (Wildman–Crippen LogP) is -8.61. The first-order valence-corrected chi connectivity index (χ1v) is 36.8. The van der Waals surface area contributed by atoms with Crippen molar-refractivity contribution in [3.63, 3.8) is 0 Å². The molecule has 0 amide bonds. The Hall–Kier alpha value is -2.68. The molecule has 0 aromatic rings. The minimum absolute atomic E-state index is 0.0626. The van der Waals surface area contributed by atoms with Crippen LogP contribution in [0.25, 0.3) is 0 Å². The van der Waals surface area contributed by atoms with Gasteiger partial charge in [0.25, 0.3) is 0 Å². The number of carbonyl (C=O) groups excluding carboxylic acids is 1. The van der Waals surface area contributed by atoms with E-state index in [0.717, 1.165) is 5.57 Å². The van der Waals surface area contributed by atoms with Crippen molar-refractivity contribution < 1.29 is 188 Å². The van der Waals surface area contributed by atoms with Gasteiger partial charge < -0.3 is 179 Å². The lowest BCUT2D eigenvalue weighted by Crippen LogP contribution is -2.71. The molecule has 38 heteroatoms. The van der Waals surface area contributed by atoms with Gasteiger partial charge >= 0.3 is 11.9 Å². The Labute approximate surface area is 614 Å². The van der Waals surface area contributed by atoms with Crippen molar-refractivity contribution in [3.8, 4) is 0 Å². The number of rotatable bonds is 19. The van der Waals surface area contributed by atoms with E-state index in [1.165, 1.54) is 13.8 Å². The number of carbonyl (C=O) groups is 2. The lowest BCUT2D eigenvalue weighted by Gasteiger charge is -2.71. The smallest absolute Gasteiger partial charge is 0.317 e.